The van der Waals surface area contributed by atoms with Gasteiger partial charge in [-0.1, -0.05) is 35.3 Å². The summed E-state index contributed by atoms with van der Waals surface area (Å²) < 4.78 is 9.07. The second-order valence-corrected chi connectivity index (χ2v) is 8.21. The molecule has 0 radical (unpaired) electrons. The number of benzene rings is 2. The summed E-state index contributed by atoms with van der Waals surface area (Å²) in [6.07, 6.45) is 5.05. The standard InChI is InChI=1S/C23H21Cl2N5O2/c1-15-9-20(10-16(2)22(15)25)32-14-29-8-7-21(28-29)23(31)27-19-11-26-30(13-19)12-17-3-5-18(24)6-4-17/h3-11,13H,12,14H2,1-2H3,(H,27,31). The van der Waals surface area contributed by atoms with Gasteiger partial charge in [-0.2, -0.15) is 10.2 Å². The van der Waals surface area contributed by atoms with Crippen molar-refractivity contribution in [1.29, 1.82) is 0 Å². The van der Waals surface area contributed by atoms with E-state index in [1.54, 1.807) is 34.0 Å². The summed E-state index contributed by atoms with van der Waals surface area (Å²) in [5.74, 6) is 0.368. The first-order valence-electron chi connectivity index (χ1n) is 9.88. The molecule has 164 valence electrons. The van der Waals surface area contributed by atoms with E-state index in [4.69, 9.17) is 27.9 Å². The van der Waals surface area contributed by atoms with E-state index in [-0.39, 0.29) is 18.3 Å². The highest BCUT2D eigenvalue weighted by molar-refractivity contribution is 6.32. The van der Waals surface area contributed by atoms with E-state index in [1.165, 1.54) is 0 Å². The second kappa shape index (κ2) is 9.46. The van der Waals surface area contributed by atoms with E-state index in [0.717, 1.165) is 21.7 Å². The van der Waals surface area contributed by atoms with Crippen molar-refractivity contribution < 1.29 is 9.53 Å². The maximum absolute atomic E-state index is 12.5. The van der Waals surface area contributed by atoms with Gasteiger partial charge in [-0.05, 0) is 60.9 Å². The summed E-state index contributed by atoms with van der Waals surface area (Å²) >= 11 is 12.1. The van der Waals surface area contributed by atoms with Crippen LogP contribution in [0.2, 0.25) is 10.0 Å². The zero-order valence-corrected chi connectivity index (χ0v) is 19.1. The molecule has 4 rings (SSSR count). The minimum Gasteiger partial charge on any atom is -0.471 e. The van der Waals surface area contributed by atoms with Crippen molar-refractivity contribution >= 4 is 34.8 Å². The zero-order valence-electron chi connectivity index (χ0n) is 17.5. The van der Waals surface area contributed by atoms with E-state index in [0.29, 0.717) is 23.0 Å². The Morgan fingerprint density at radius 2 is 1.78 bits per heavy atom. The van der Waals surface area contributed by atoms with Gasteiger partial charge in [0.15, 0.2) is 12.4 Å². The Bertz CT molecular complexity index is 1220. The quantitative estimate of drug-likeness (QED) is 0.396. The Morgan fingerprint density at radius 3 is 2.50 bits per heavy atom. The van der Waals surface area contributed by atoms with Gasteiger partial charge in [0, 0.05) is 22.4 Å². The van der Waals surface area contributed by atoms with Crippen molar-refractivity contribution in [3.8, 4) is 5.75 Å². The average molecular weight is 470 g/mol. The Labute approximate surface area is 195 Å². The van der Waals surface area contributed by atoms with Gasteiger partial charge in [0.05, 0.1) is 18.4 Å². The summed E-state index contributed by atoms with van der Waals surface area (Å²) in [5.41, 5.74) is 3.81. The van der Waals surface area contributed by atoms with Gasteiger partial charge in [0.1, 0.15) is 5.75 Å². The Balaban J connectivity index is 1.34. The molecule has 0 unspecified atom stereocenters. The lowest BCUT2D eigenvalue weighted by Gasteiger charge is -2.10. The number of rotatable bonds is 7. The molecule has 2 aromatic heterocycles. The summed E-state index contributed by atoms with van der Waals surface area (Å²) in [5, 5.41) is 12.8. The van der Waals surface area contributed by atoms with Crippen molar-refractivity contribution in [1.82, 2.24) is 19.6 Å². The fraction of sp³-hybridized carbons (Fsp3) is 0.174. The number of nitrogens with one attached hydrogen (secondary N) is 1. The lowest BCUT2D eigenvalue weighted by atomic mass is 10.1. The Kier molecular flexibility index (Phi) is 6.48. The monoisotopic (exact) mass is 469 g/mol. The fourth-order valence-corrected chi connectivity index (χ4v) is 3.41. The van der Waals surface area contributed by atoms with Crippen molar-refractivity contribution in [2.45, 2.75) is 27.1 Å². The molecule has 7 nitrogen and oxygen atoms in total. The molecule has 0 aliphatic heterocycles. The lowest BCUT2D eigenvalue weighted by molar-refractivity contribution is 0.102. The minimum absolute atomic E-state index is 0.173. The normalized spacial score (nSPS) is 10.9. The highest BCUT2D eigenvalue weighted by Gasteiger charge is 2.12. The third kappa shape index (κ3) is 5.30. The fourth-order valence-electron chi connectivity index (χ4n) is 3.17. The molecule has 0 saturated carbocycles. The minimum atomic E-state index is -0.326. The number of aromatic nitrogens is 4. The summed E-state index contributed by atoms with van der Waals surface area (Å²) in [6, 6.07) is 12.9. The number of nitrogens with zero attached hydrogens (tertiary/aromatic N) is 4. The number of halogens is 2. The topological polar surface area (TPSA) is 74.0 Å². The van der Waals surface area contributed by atoms with Crippen molar-refractivity contribution in [2.75, 3.05) is 5.32 Å². The summed E-state index contributed by atoms with van der Waals surface area (Å²) in [7, 11) is 0. The van der Waals surface area contributed by atoms with Crippen molar-refractivity contribution in [3.63, 3.8) is 0 Å². The van der Waals surface area contributed by atoms with Crippen LogP contribution in [0, 0.1) is 13.8 Å². The van der Waals surface area contributed by atoms with Gasteiger partial charge in [-0.15, -0.1) is 0 Å². The molecule has 0 aliphatic rings. The highest BCUT2D eigenvalue weighted by atomic mass is 35.5. The van der Waals surface area contributed by atoms with Crippen LogP contribution >= 0.6 is 23.2 Å². The van der Waals surface area contributed by atoms with Crippen LogP contribution in [0.15, 0.2) is 61.1 Å². The van der Waals surface area contributed by atoms with Gasteiger partial charge >= 0.3 is 0 Å². The Hall–Kier alpha value is -3.29. The Morgan fingerprint density at radius 1 is 1.06 bits per heavy atom. The lowest BCUT2D eigenvalue weighted by Crippen LogP contribution is -2.14. The molecule has 9 heteroatoms. The van der Waals surface area contributed by atoms with Crippen molar-refractivity contribution in [2.24, 2.45) is 0 Å². The molecular formula is C23H21Cl2N5O2. The molecule has 0 bridgehead atoms. The molecule has 0 aliphatic carbocycles. The summed E-state index contributed by atoms with van der Waals surface area (Å²) in [4.78, 5) is 12.5. The number of ether oxygens (including phenoxy) is 1. The van der Waals surface area contributed by atoms with Crippen LogP contribution in [-0.4, -0.2) is 25.5 Å². The number of amides is 1. The number of hydrogen-bond acceptors (Lipinski definition) is 4. The summed E-state index contributed by atoms with van der Waals surface area (Å²) in [6.45, 7) is 4.60. The smallest absolute Gasteiger partial charge is 0.276 e. The molecule has 1 N–H and O–H groups in total. The van der Waals surface area contributed by atoms with Crippen LogP contribution < -0.4 is 10.1 Å². The van der Waals surface area contributed by atoms with Crippen LogP contribution in [0.3, 0.4) is 0 Å². The third-order valence-corrected chi connectivity index (χ3v) is 5.64. The second-order valence-electron chi connectivity index (χ2n) is 7.39. The number of hydrogen-bond donors (Lipinski definition) is 1. The maximum Gasteiger partial charge on any atom is 0.276 e. The SMILES string of the molecule is Cc1cc(OCn2ccc(C(=O)Nc3cnn(Cc4ccc(Cl)cc4)c3)n2)cc(C)c1Cl. The van der Waals surface area contributed by atoms with E-state index >= 15 is 0 Å². The molecule has 4 aromatic rings. The predicted octanol–water partition coefficient (Wildman–Crippen LogP) is 5.34. The van der Waals surface area contributed by atoms with Crippen LogP contribution in [0.25, 0.3) is 0 Å². The molecule has 2 heterocycles. The van der Waals surface area contributed by atoms with Crippen LogP contribution in [-0.2, 0) is 13.3 Å². The molecule has 0 spiro atoms. The first-order chi connectivity index (χ1) is 15.4. The number of aryl methyl sites for hydroxylation is 2. The largest absolute Gasteiger partial charge is 0.471 e. The highest BCUT2D eigenvalue weighted by Crippen LogP contribution is 2.26. The first kappa shape index (κ1) is 21.9. The van der Waals surface area contributed by atoms with Gasteiger partial charge < -0.3 is 10.1 Å². The van der Waals surface area contributed by atoms with Crippen molar-refractivity contribution in [3.05, 3.63) is 93.5 Å². The third-order valence-electron chi connectivity index (χ3n) is 4.80. The van der Waals surface area contributed by atoms with E-state index < -0.39 is 0 Å². The molecule has 0 saturated heterocycles. The van der Waals surface area contributed by atoms with Gasteiger partial charge in [0.2, 0.25) is 0 Å². The van der Waals surface area contributed by atoms with E-state index in [9.17, 15) is 4.79 Å². The maximum atomic E-state index is 12.5. The van der Waals surface area contributed by atoms with Gasteiger partial charge in [-0.25, -0.2) is 4.68 Å². The van der Waals surface area contributed by atoms with E-state index in [1.807, 2.05) is 50.2 Å². The van der Waals surface area contributed by atoms with Gasteiger partial charge in [0.25, 0.3) is 5.91 Å². The molecular weight excluding hydrogens is 449 g/mol. The van der Waals surface area contributed by atoms with Crippen LogP contribution in [0.4, 0.5) is 5.69 Å². The molecule has 32 heavy (non-hydrogen) atoms. The first-order valence-corrected chi connectivity index (χ1v) is 10.6. The predicted molar refractivity (Wildman–Crippen MR) is 125 cm³/mol. The average Bonchev–Trinajstić information content (AvgIpc) is 3.41. The molecule has 0 atom stereocenters. The number of anilines is 1. The number of carbonyl (C=O) groups is 1. The molecule has 1 amide bonds. The van der Waals surface area contributed by atoms with E-state index in [2.05, 4.69) is 15.5 Å². The molecule has 2 aromatic carbocycles. The van der Waals surface area contributed by atoms with Gasteiger partial charge in [-0.3, -0.25) is 9.48 Å². The molecule has 0 fully saturated rings. The van der Waals surface area contributed by atoms with Crippen LogP contribution in [0.1, 0.15) is 27.2 Å². The number of carbonyl (C=O) groups excluding carboxylic acids is 1. The van der Waals surface area contributed by atoms with Crippen LogP contribution in [0.5, 0.6) is 5.75 Å². The zero-order chi connectivity index (χ0) is 22.7.